The van der Waals surface area contributed by atoms with Gasteiger partial charge in [0.1, 0.15) is 0 Å². The molecule has 0 aromatic rings. The molecule has 0 aromatic heterocycles. The molecule has 1 N–H and O–H groups in total. The largest absolute Gasteiger partial charge is 0.341 e. The average Bonchev–Trinajstić information content (AvgIpc) is 2.45. The minimum atomic E-state index is -0.367. The van der Waals surface area contributed by atoms with Crippen LogP contribution in [0.4, 0.5) is 0 Å². The molecule has 2 aliphatic rings. The van der Waals surface area contributed by atoms with Crippen molar-refractivity contribution in [2.45, 2.75) is 46.6 Å². The number of piperazine rings is 1. The molecule has 120 valence electrons. The third kappa shape index (κ3) is 3.96. The maximum absolute atomic E-state index is 12.7. The second-order valence-corrected chi connectivity index (χ2v) is 7.48. The zero-order chi connectivity index (χ0) is 15.6. The Morgan fingerprint density at radius 1 is 1.10 bits per heavy atom. The molecule has 5 nitrogen and oxygen atoms in total. The van der Waals surface area contributed by atoms with Gasteiger partial charge in [-0.25, -0.2) is 0 Å². The zero-order valence-electron chi connectivity index (χ0n) is 13.8. The van der Waals surface area contributed by atoms with Gasteiger partial charge >= 0.3 is 0 Å². The summed E-state index contributed by atoms with van der Waals surface area (Å²) in [6.07, 6.45) is 1.84. The van der Waals surface area contributed by atoms with Gasteiger partial charge in [-0.05, 0) is 19.8 Å². The summed E-state index contributed by atoms with van der Waals surface area (Å²) in [5.74, 6) is 0.374. The Kier molecular flexibility index (Phi) is 4.91. The number of nitrogens with one attached hydrogen (secondary N) is 1. The number of nitrogens with zero attached hydrogens (tertiary/aromatic N) is 2. The van der Waals surface area contributed by atoms with E-state index < -0.39 is 0 Å². The van der Waals surface area contributed by atoms with Crippen LogP contribution in [0.5, 0.6) is 0 Å². The highest BCUT2D eigenvalue weighted by Gasteiger charge is 2.35. The highest BCUT2D eigenvalue weighted by atomic mass is 16.2. The molecular formula is C16H29N3O2. The molecule has 0 aliphatic carbocycles. The molecule has 2 atom stereocenters. The van der Waals surface area contributed by atoms with Crippen LogP contribution in [-0.4, -0.2) is 60.4 Å². The molecule has 2 heterocycles. The van der Waals surface area contributed by atoms with Gasteiger partial charge in [0, 0.05) is 44.2 Å². The SMILES string of the molecule is CC1CN(C(=O)C2CCCN(C(=O)C(C)(C)C)C2)CCN1. The topological polar surface area (TPSA) is 52.7 Å². The number of piperidine rings is 1. The first-order chi connectivity index (χ1) is 9.79. The molecular weight excluding hydrogens is 266 g/mol. The summed E-state index contributed by atoms with van der Waals surface area (Å²) in [6, 6.07) is 0.360. The lowest BCUT2D eigenvalue weighted by atomic mass is 9.90. The van der Waals surface area contributed by atoms with Gasteiger partial charge in [-0.15, -0.1) is 0 Å². The third-order valence-electron chi connectivity index (χ3n) is 4.38. The van der Waals surface area contributed by atoms with Gasteiger partial charge < -0.3 is 15.1 Å². The Balaban J connectivity index is 1.97. The fourth-order valence-electron chi connectivity index (χ4n) is 3.23. The molecule has 2 amide bonds. The van der Waals surface area contributed by atoms with E-state index in [0.717, 1.165) is 39.0 Å². The Morgan fingerprint density at radius 2 is 1.81 bits per heavy atom. The first-order valence-electron chi connectivity index (χ1n) is 8.10. The summed E-state index contributed by atoms with van der Waals surface area (Å²) in [5.41, 5.74) is -0.367. The summed E-state index contributed by atoms with van der Waals surface area (Å²) >= 11 is 0. The third-order valence-corrected chi connectivity index (χ3v) is 4.38. The predicted octanol–water partition coefficient (Wildman–Crippen LogP) is 1.09. The smallest absolute Gasteiger partial charge is 0.227 e. The van der Waals surface area contributed by atoms with Crippen molar-refractivity contribution in [3.05, 3.63) is 0 Å². The van der Waals surface area contributed by atoms with E-state index in [1.807, 2.05) is 30.6 Å². The molecule has 2 rings (SSSR count). The Morgan fingerprint density at radius 3 is 2.43 bits per heavy atom. The number of likely N-dealkylation sites (tertiary alicyclic amines) is 1. The van der Waals surface area contributed by atoms with Gasteiger partial charge in [0.05, 0.1) is 5.92 Å². The number of carbonyl (C=O) groups excluding carboxylic acids is 2. The molecule has 0 aromatic carbocycles. The van der Waals surface area contributed by atoms with Crippen LogP contribution in [0.3, 0.4) is 0 Å². The van der Waals surface area contributed by atoms with Crippen LogP contribution in [0.25, 0.3) is 0 Å². The highest BCUT2D eigenvalue weighted by Crippen LogP contribution is 2.24. The second-order valence-electron chi connectivity index (χ2n) is 7.48. The number of hydrogen-bond acceptors (Lipinski definition) is 3. The van der Waals surface area contributed by atoms with Gasteiger partial charge in [-0.3, -0.25) is 9.59 Å². The predicted molar refractivity (Wildman–Crippen MR) is 82.8 cm³/mol. The van der Waals surface area contributed by atoms with Crippen molar-refractivity contribution in [2.24, 2.45) is 11.3 Å². The van der Waals surface area contributed by atoms with Crippen LogP contribution in [-0.2, 0) is 9.59 Å². The maximum atomic E-state index is 12.7. The van der Waals surface area contributed by atoms with E-state index in [1.165, 1.54) is 0 Å². The van der Waals surface area contributed by atoms with Gasteiger partial charge in [0.2, 0.25) is 11.8 Å². The summed E-state index contributed by atoms with van der Waals surface area (Å²) in [4.78, 5) is 28.9. The van der Waals surface area contributed by atoms with Crippen LogP contribution in [0, 0.1) is 11.3 Å². The van der Waals surface area contributed by atoms with Crippen LogP contribution in [0.2, 0.25) is 0 Å². The van der Waals surface area contributed by atoms with E-state index in [9.17, 15) is 9.59 Å². The van der Waals surface area contributed by atoms with E-state index in [4.69, 9.17) is 0 Å². The Labute approximate surface area is 128 Å². The number of hydrogen-bond donors (Lipinski definition) is 1. The van der Waals surface area contributed by atoms with Crippen LogP contribution in [0.15, 0.2) is 0 Å². The highest BCUT2D eigenvalue weighted by molar-refractivity contribution is 5.84. The minimum Gasteiger partial charge on any atom is -0.341 e. The summed E-state index contributed by atoms with van der Waals surface area (Å²) in [5, 5.41) is 3.36. The molecule has 2 unspecified atom stereocenters. The molecule has 0 radical (unpaired) electrons. The lowest BCUT2D eigenvalue weighted by Gasteiger charge is -2.39. The fraction of sp³-hybridized carbons (Fsp3) is 0.875. The summed E-state index contributed by atoms with van der Waals surface area (Å²) < 4.78 is 0. The molecule has 0 bridgehead atoms. The molecule has 2 aliphatic heterocycles. The van der Waals surface area contributed by atoms with Crippen molar-refractivity contribution in [1.82, 2.24) is 15.1 Å². The van der Waals surface area contributed by atoms with E-state index in [1.54, 1.807) is 0 Å². The fourth-order valence-corrected chi connectivity index (χ4v) is 3.23. The lowest BCUT2D eigenvalue weighted by molar-refractivity contribution is -0.145. The van der Waals surface area contributed by atoms with Crippen molar-refractivity contribution in [1.29, 1.82) is 0 Å². The molecule has 5 heteroatoms. The van der Waals surface area contributed by atoms with Gasteiger partial charge in [-0.2, -0.15) is 0 Å². The monoisotopic (exact) mass is 295 g/mol. The van der Waals surface area contributed by atoms with Gasteiger partial charge in [-0.1, -0.05) is 20.8 Å². The van der Waals surface area contributed by atoms with Crippen molar-refractivity contribution in [3.63, 3.8) is 0 Å². The molecule has 21 heavy (non-hydrogen) atoms. The molecule has 2 fully saturated rings. The molecule has 2 saturated heterocycles. The standard InChI is InChI=1S/C16H29N3O2/c1-12-10-18(9-7-17-12)14(20)13-6-5-8-19(11-13)15(21)16(2,3)4/h12-13,17H,5-11H2,1-4H3. The average molecular weight is 295 g/mol. The minimum absolute atomic E-state index is 0.0182. The first-order valence-corrected chi connectivity index (χ1v) is 8.10. The first kappa shape index (κ1) is 16.3. The Bertz CT molecular complexity index is 403. The summed E-state index contributed by atoms with van der Waals surface area (Å²) in [6.45, 7) is 11.7. The van der Waals surface area contributed by atoms with Crippen molar-refractivity contribution < 1.29 is 9.59 Å². The molecule has 0 saturated carbocycles. The van der Waals surface area contributed by atoms with Crippen LogP contribution in [0.1, 0.15) is 40.5 Å². The molecule has 0 spiro atoms. The van der Waals surface area contributed by atoms with Gasteiger partial charge in [0.15, 0.2) is 0 Å². The maximum Gasteiger partial charge on any atom is 0.227 e. The van der Waals surface area contributed by atoms with Crippen LogP contribution < -0.4 is 5.32 Å². The second kappa shape index (κ2) is 6.34. The zero-order valence-corrected chi connectivity index (χ0v) is 13.8. The van der Waals surface area contributed by atoms with E-state index in [-0.39, 0.29) is 23.1 Å². The number of rotatable bonds is 1. The van der Waals surface area contributed by atoms with E-state index >= 15 is 0 Å². The van der Waals surface area contributed by atoms with E-state index in [0.29, 0.717) is 12.6 Å². The number of amides is 2. The lowest BCUT2D eigenvalue weighted by Crippen LogP contribution is -2.55. The quantitative estimate of drug-likeness (QED) is 0.788. The van der Waals surface area contributed by atoms with Gasteiger partial charge in [0.25, 0.3) is 0 Å². The number of carbonyl (C=O) groups is 2. The van der Waals surface area contributed by atoms with Crippen molar-refractivity contribution in [3.8, 4) is 0 Å². The van der Waals surface area contributed by atoms with Crippen molar-refractivity contribution >= 4 is 11.8 Å². The van der Waals surface area contributed by atoms with Crippen molar-refractivity contribution in [2.75, 3.05) is 32.7 Å². The normalized spacial score (nSPS) is 27.6. The Hall–Kier alpha value is -1.10. The van der Waals surface area contributed by atoms with Crippen LogP contribution >= 0.6 is 0 Å². The summed E-state index contributed by atoms with van der Waals surface area (Å²) in [7, 11) is 0. The van der Waals surface area contributed by atoms with E-state index in [2.05, 4.69) is 12.2 Å².